The van der Waals surface area contributed by atoms with E-state index >= 15 is 0 Å². The van der Waals surface area contributed by atoms with Crippen molar-refractivity contribution in [1.29, 1.82) is 0 Å². The average Bonchev–Trinajstić information content (AvgIpc) is 3.88. The van der Waals surface area contributed by atoms with Crippen LogP contribution in [-0.4, -0.2) is 110 Å². The first-order chi connectivity index (χ1) is 28.2. The first-order valence-electron chi connectivity index (χ1n) is 21.6. The lowest BCUT2D eigenvalue weighted by molar-refractivity contribution is -0.175. The molecule has 2 amide bonds. The van der Waals surface area contributed by atoms with Crippen LogP contribution in [0.5, 0.6) is 5.75 Å². The number of likely N-dealkylation sites (tertiary alicyclic amines) is 1. The lowest BCUT2D eigenvalue weighted by Gasteiger charge is -2.62. The van der Waals surface area contributed by atoms with Crippen LogP contribution < -0.4 is 26.0 Å². The van der Waals surface area contributed by atoms with E-state index < -0.39 is 36.3 Å². The standard InChI is InChI=1S/C47H66N6O6/c1-28-37-23-34(47(37,3)4)24-38(28)49-46(57)42-41(29(2)54)40(25-48)59-53(42)26-31-16-13-17-36(44(31)58-7)32-20-33(22-35(21-32)51(5)6)45(56)50-39(27-52-18-11-12-19-52)43(55)30-14-9-8-10-15-30/h8-10,13-17,20-22,28-29,34,37-43,54-55H,11-12,18-19,23-27,48H2,1-7H3,(H,49,57)(H,50,56)/t28-,29-,34+,37-,38-,39+,40-,41+,42-,43?/m0/s1. The van der Waals surface area contributed by atoms with Gasteiger partial charge in [-0.05, 0) is 98.2 Å². The highest BCUT2D eigenvalue weighted by molar-refractivity contribution is 5.97. The van der Waals surface area contributed by atoms with Gasteiger partial charge in [-0.3, -0.25) is 14.4 Å². The molecule has 0 radical (unpaired) electrons. The number of nitrogens with one attached hydrogen (secondary N) is 2. The number of amides is 2. The summed E-state index contributed by atoms with van der Waals surface area (Å²) in [5, 5.41) is 30.9. The van der Waals surface area contributed by atoms with Crippen molar-refractivity contribution in [1.82, 2.24) is 20.6 Å². The zero-order valence-electron chi connectivity index (χ0n) is 35.9. The Morgan fingerprint density at radius 2 is 1.76 bits per heavy atom. The Bertz CT molecular complexity index is 1930. The van der Waals surface area contributed by atoms with Gasteiger partial charge in [-0.25, -0.2) is 0 Å². The molecular weight excluding hydrogens is 745 g/mol. The maximum absolute atomic E-state index is 14.4. The van der Waals surface area contributed by atoms with Gasteiger partial charge in [0, 0.05) is 61.5 Å². The SMILES string of the molecule is COc1c(CN2O[C@@H](CN)[C@@H]([C@H](C)O)[C@H]2C(=O)N[C@H]2C[C@H]3C[C@@H]([C@@H]2C)C3(C)C)cccc1-c1cc(C(=O)N[C@H](CN2CCCC2)C(O)c2ccccc2)cc(N(C)C)c1. The van der Waals surface area contributed by atoms with Crippen LogP contribution in [0.3, 0.4) is 0 Å². The van der Waals surface area contributed by atoms with Crippen molar-refractivity contribution < 1.29 is 29.4 Å². The number of fused-ring (bicyclic) bond motifs is 2. The van der Waals surface area contributed by atoms with Gasteiger partial charge in [-0.1, -0.05) is 69.3 Å². The fourth-order valence-electron chi connectivity index (χ4n) is 10.6. The molecule has 3 aromatic rings. The van der Waals surface area contributed by atoms with Crippen LogP contribution in [0, 0.1) is 29.1 Å². The zero-order valence-corrected chi connectivity index (χ0v) is 35.9. The van der Waals surface area contributed by atoms with Crippen molar-refractivity contribution in [2.45, 2.75) is 96.4 Å². The van der Waals surface area contributed by atoms with E-state index in [1.54, 1.807) is 19.1 Å². The number of rotatable bonds is 15. The van der Waals surface area contributed by atoms with Crippen molar-refractivity contribution in [3.8, 4) is 16.9 Å². The fourth-order valence-corrected chi connectivity index (χ4v) is 10.6. The van der Waals surface area contributed by atoms with Gasteiger partial charge in [0.25, 0.3) is 5.91 Å². The number of nitrogens with two attached hydrogens (primary N) is 1. The fraction of sp³-hybridized carbons (Fsp3) is 0.574. The predicted molar refractivity (Wildman–Crippen MR) is 231 cm³/mol. The number of hydrogen-bond donors (Lipinski definition) is 5. The number of ether oxygens (including phenoxy) is 1. The first-order valence-corrected chi connectivity index (χ1v) is 21.6. The molecule has 3 aliphatic carbocycles. The predicted octanol–water partition coefficient (Wildman–Crippen LogP) is 4.98. The van der Waals surface area contributed by atoms with Gasteiger partial charge in [0.2, 0.25) is 5.91 Å². The molecule has 5 aliphatic rings. The third-order valence-corrected chi connectivity index (χ3v) is 14.2. The smallest absolute Gasteiger partial charge is 0.251 e. The Balaban J connectivity index is 1.17. The second kappa shape index (κ2) is 17.9. The summed E-state index contributed by atoms with van der Waals surface area (Å²) in [6.45, 7) is 11.4. The van der Waals surface area contributed by atoms with Crippen LogP contribution in [0.15, 0.2) is 66.7 Å². The average molecular weight is 811 g/mol. The molecule has 5 fully saturated rings. The molecule has 6 N–H and O–H groups in total. The van der Waals surface area contributed by atoms with Crippen molar-refractivity contribution in [3.63, 3.8) is 0 Å². The van der Waals surface area contributed by atoms with Gasteiger partial charge in [0.15, 0.2) is 0 Å². The Morgan fingerprint density at radius 3 is 2.39 bits per heavy atom. The minimum atomic E-state index is -0.885. The first kappa shape index (κ1) is 43.1. The third-order valence-electron chi connectivity index (χ3n) is 14.2. The number of carbonyl (C=O) groups is 2. The summed E-state index contributed by atoms with van der Waals surface area (Å²) in [4.78, 5) is 39.3. The van der Waals surface area contributed by atoms with Crippen LogP contribution in [-0.2, 0) is 16.2 Å². The summed E-state index contributed by atoms with van der Waals surface area (Å²) >= 11 is 0. The minimum Gasteiger partial charge on any atom is -0.496 e. The molecule has 12 heteroatoms. The second-order valence-electron chi connectivity index (χ2n) is 18.4. The summed E-state index contributed by atoms with van der Waals surface area (Å²) in [5.41, 5.74) is 10.8. The number of para-hydroxylation sites is 1. The van der Waals surface area contributed by atoms with E-state index in [0.29, 0.717) is 35.6 Å². The van der Waals surface area contributed by atoms with E-state index in [1.807, 2.05) is 85.7 Å². The third kappa shape index (κ3) is 8.76. The Labute approximate surface area is 350 Å². The highest BCUT2D eigenvalue weighted by Gasteiger charge is 2.57. The largest absolute Gasteiger partial charge is 0.496 e. The molecule has 1 unspecified atom stereocenters. The molecule has 3 aromatic carbocycles. The normalized spacial score (nSPS) is 28.0. The number of methoxy groups -OCH3 is 1. The minimum absolute atomic E-state index is 0.0537. The van der Waals surface area contributed by atoms with E-state index in [9.17, 15) is 19.8 Å². The summed E-state index contributed by atoms with van der Waals surface area (Å²) in [7, 11) is 5.49. The van der Waals surface area contributed by atoms with Crippen LogP contribution in [0.2, 0.25) is 0 Å². The number of carbonyl (C=O) groups excluding carboxylic acids is 2. The molecule has 320 valence electrons. The number of aliphatic hydroxyl groups excluding tert-OH is 2. The molecule has 3 saturated carbocycles. The van der Waals surface area contributed by atoms with Gasteiger partial charge < -0.3 is 41.1 Å². The molecular formula is C47H66N6O6. The number of hydrogen-bond acceptors (Lipinski definition) is 10. The molecule has 10 atom stereocenters. The van der Waals surface area contributed by atoms with E-state index in [4.69, 9.17) is 15.3 Å². The number of hydroxylamine groups is 2. The summed E-state index contributed by atoms with van der Waals surface area (Å²) in [6.07, 6.45) is 2.08. The van der Waals surface area contributed by atoms with Crippen molar-refractivity contribution in [3.05, 3.63) is 83.4 Å². The highest BCUT2D eigenvalue weighted by atomic mass is 16.7. The van der Waals surface area contributed by atoms with Crippen LogP contribution >= 0.6 is 0 Å². The molecule has 59 heavy (non-hydrogen) atoms. The van der Waals surface area contributed by atoms with Crippen molar-refractivity contribution in [2.24, 2.45) is 34.8 Å². The maximum Gasteiger partial charge on any atom is 0.251 e. The van der Waals surface area contributed by atoms with E-state index in [1.165, 1.54) is 6.42 Å². The lowest BCUT2D eigenvalue weighted by Crippen LogP contribution is -2.62. The molecule has 0 spiro atoms. The summed E-state index contributed by atoms with van der Waals surface area (Å²) in [5.74, 6) is 1.09. The Kier molecular flexibility index (Phi) is 13.1. The molecule has 2 bridgehead atoms. The quantitative estimate of drug-likeness (QED) is 0.142. The molecule has 2 saturated heterocycles. The number of anilines is 1. The second-order valence-corrected chi connectivity index (χ2v) is 18.4. The van der Waals surface area contributed by atoms with Gasteiger partial charge in [0.1, 0.15) is 17.9 Å². The Hall–Kier alpha value is -4.04. The van der Waals surface area contributed by atoms with Crippen LogP contribution in [0.25, 0.3) is 11.1 Å². The van der Waals surface area contributed by atoms with Gasteiger partial charge in [-0.15, -0.1) is 0 Å². The monoisotopic (exact) mass is 811 g/mol. The summed E-state index contributed by atoms with van der Waals surface area (Å²) < 4.78 is 6.15. The van der Waals surface area contributed by atoms with Crippen molar-refractivity contribution >= 4 is 17.5 Å². The van der Waals surface area contributed by atoms with Crippen LogP contribution in [0.1, 0.15) is 81.0 Å². The number of nitrogens with zero attached hydrogens (tertiary/aromatic N) is 3. The van der Waals surface area contributed by atoms with Gasteiger partial charge >= 0.3 is 0 Å². The molecule has 2 heterocycles. The number of benzene rings is 3. The molecule has 0 aromatic heterocycles. The topological polar surface area (TPSA) is 153 Å². The lowest BCUT2D eigenvalue weighted by atomic mass is 9.45. The van der Waals surface area contributed by atoms with Crippen LogP contribution in [0.4, 0.5) is 5.69 Å². The van der Waals surface area contributed by atoms with Gasteiger partial charge in [-0.2, -0.15) is 5.06 Å². The molecule has 2 aliphatic heterocycles. The highest BCUT2D eigenvalue weighted by Crippen LogP contribution is 2.61. The van der Waals surface area contributed by atoms with E-state index in [2.05, 4.69) is 36.3 Å². The maximum atomic E-state index is 14.4. The molecule has 12 nitrogen and oxygen atoms in total. The number of aliphatic hydroxyl groups is 2. The Morgan fingerprint density at radius 1 is 1.03 bits per heavy atom. The zero-order chi connectivity index (χ0) is 42.2. The van der Waals surface area contributed by atoms with E-state index in [0.717, 1.165) is 60.3 Å². The molecule has 8 rings (SSSR count). The van der Waals surface area contributed by atoms with Gasteiger partial charge in [0.05, 0.1) is 31.9 Å². The van der Waals surface area contributed by atoms with E-state index in [-0.39, 0.29) is 36.4 Å². The summed E-state index contributed by atoms with van der Waals surface area (Å²) in [6, 6.07) is 19.8. The van der Waals surface area contributed by atoms with Crippen molar-refractivity contribution in [2.75, 3.05) is 52.3 Å².